The smallest absolute Gasteiger partial charge is 0.123 e. The first-order valence-electron chi connectivity index (χ1n) is 5.46. The normalized spacial score (nSPS) is 22.2. The molecule has 88 valence electrons. The van der Waals surface area contributed by atoms with Crippen LogP contribution in [0.5, 0.6) is 0 Å². The monoisotopic (exact) mass is 241 g/mol. The Hall–Kier alpha value is -0.840. The van der Waals surface area contributed by atoms with Gasteiger partial charge in [-0.3, -0.25) is 4.90 Å². The number of halogens is 1. The van der Waals surface area contributed by atoms with E-state index in [1.54, 1.807) is 12.1 Å². The van der Waals surface area contributed by atoms with E-state index < -0.39 is 0 Å². The fraction of sp³-hybridized carbons (Fsp3) is 0.545. The average Bonchev–Trinajstić information content (AvgIpc) is 2.24. The highest BCUT2D eigenvalue weighted by molar-refractivity contribution is 6.31. The van der Waals surface area contributed by atoms with Crippen LogP contribution >= 0.6 is 11.6 Å². The number of nitrogen functional groups attached to an aromatic ring is 1. The van der Waals surface area contributed by atoms with Gasteiger partial charge in [0.05, 0.1) is 16.8 Å². The number of aromatic nitrogens is 1. The number of nitrogens with zero attached hydrogens (tertiary/aromatic N) is 2. The summed E-state index contributed by atoms with van der Waals surface area (Å²) < 4.78 is 0. The minimum absolute atomic E-state index is 0.228. The van der Waals surface area contributed by atoms with Crippen LogP contribution in [0.4, 0.5) is 5.82 Å². The maximum Gasteiger partial charge on any atom is 0.123 e. The summed E-state index contributed by atoms with van der Waals surface area (Å²) in [4.78, 5) is 6.37. The molecule has 1 unspecified atom stereocenters. The van der Waals surface area contributed by atoms with Gasteiger partial charge in [0, 0.05) is 13.1 Å². The van der Waals surface area contributed by atoms with Gasteiger partial charge in [-0.1, -0.05) is 11.6 Å². The van der Waals surface area contributed by atoms with E-state index in [9.17, 15) is 5.11 Å². The lowest BCUT2D eigenvalue weighted by Crippen LogP contribution is -2.37. The molecule has 0 aromatic carbocycles. The van der Waals surface area contributed by atoms with Crippen molar-refractivity contribution in [3.63, 3.8) is 0 Å². The van der Waals surface area contributed by atoms with E-state index in [2.05, 4.69) is 9.88 Å². The van der Waals surface area contributed by atoms with Crippen LogP contribution < -0.4 is 5.73 Å². The molecular formula is C11H16ClN3O. The molecule has 4 nitrogen and oxygen atoms in total. The summed E-state index contributed by atoms with van der Waals surface area (Å²) in [6.45, 7) is 2.32. The number of aliphatic hydroxyl groups excluding tert-OH is 1. The molecule has 1 fully saturated rings. The van der Waals surface area contributed by atoms with Crippen molar-refractivity contribution >= 4 is 17.4 Å². The van der Waals surface area contributed by atoms with Crippen molar-refractivity contribution in [2.75, 3.05) is 18.8 Å². The lowest BCUT2D eigenvalue weighted by molar-refractivity contribution is 0.0662. The predicted molar refractivity (Wildman–Crippen MR) is 64.2 cm³/mol. The van der Waals surface area contributed by atoms with Gasteiger partial charge < -0.3 is 10.8 Å². The molecule has 1 aliphatic rings. The summed E-state index contributed by atoms with van der Waals surface area (Å²) >= 11 is 6.04. The van der Waals surface area contributed by atoms with Crippen molar-refractivity contribution in [3.05, 3.63) is 22.8 Å². The van der Waals surface area contributed by atoms with Gasteiger partial charge in [0.15, 0.2) is 0 Å². The van der Waals surface area contributed by atoms with E-state index in [0.29, 0.717) is 23.9 Å². The SMILES string of the molecule is Nc1ccc(Cl)c(CN2CCCC(O)C2)n1. The number of hydrogen-bond donors (Lipinski definition) is 2. The van der Waals surface area contributed by atoms with Crippen LogP contribution in [0, 0.1) is 0 Å². The minimum Gasteiger partial charge on any atom is -0.392 e. The number of rotatable bonds is 2. The van der Waals surface area contributed by atoms with Gasteiger partial charge in [0.2, 0.25) is 0 Å². The Morgan fingerprint density at radius 3 is 3.12 bits per heavy atom. The van der Waals surface area contributed by atoms with Crippen LogP contribution in [0.2, 0.25) is 5.02 Å². The first-order valence-corrected chi connectivity index (χ1v) is 5.84. The van der Waals surface area contributed by atoms with Crippen molar-refractivity contribution in [1.29, 1.82) is 0 Å². The summed E-state index contributed by atoms with van der Waals surface area (Å²) in [7, 11) is 0. The molecule has 0 aliphatic carbocycles. The Kier molecular flexibility index (Phi) is 3.63. The molecule has 2 heterocycles. The third-order valence-corrected chi connectivity index (χ3v) is 3.14. The maximum atomic E-state index is 9.56. The number of anilines is 1. The second-order valence-electron chi connectivity index (χ2n) is 4.20. The number of aliphatic hydroxyl groups is 1. The van der Waals surface area contributed by atoms with Crippen LogP contribution in [-0.2, 0) is 6.54 Å². The zero-order valence-electron chi connectivity index (χ0n) is 9.06. The van der Waals surface area contributed by atoms with Crippen LogP contribution in [0.15, 0.2) is 12.1 Å². The van der Waals surface area contributed by atoms with E-state index in [-0.39, 0.29) is 6.10 Å². The molecule has 0 amide bonds. The second kappa shape index (κ2) is 4.99. The third-order valence-electron chi connectivity index (χ3n) is 2.79. The van der Waals surface area contributed by atoms with Crippen LogP contribution in [0.1, 0.15) is 18.5 Å². The Morgan fingerprint density at radius 1 is 1.56 bits per heavy atom. The van der Waals surface area contributed by atoms with Crippen molar-refractivity contribution in [2.45, 2.75) is 25.5 Å². The highest BCUT2D eigenvalue weighted by Crippen LogP contribution is 2.19. The Labute approximate surface area is 100 Å². The minimum atomic E-state index is -0.228. The Morgan fingerprint density at radius 2 is 2.38 bits per heavy atom. The first-order chi connectivity index (χ1) is 7.65. The Bertz CT molecular complexity index is 372. The van der Waals surface area contributed by atoms with Gasteiger partial charge >= 0.3 is 0 Å². The van der Waals surface area contributed by atoms with Crippen LogP contribution in [-0.4, -0.2) is 34.2 Å². The molecule has 16 heavy (non-hydrogen) atoms. The zero-order chi connectivity index (χ0) is 11.5. The second-order valence-corrected chi connectivity index (χ2v) is 4.60. The molecule has 0 radical (unpaired) electrons. The molecule has 1 saturated heterocycles. The highest BCUT2D eigenvalue weighted by Gasteiger charge is 2.18. The molecule has 1 atom stereocenters. The molecule has 0 bridgehead atoms. The van der Waals surface area contributed by atoms with Gasteiger partial charge in [-0.25, -0.2) is 4.98 Å². The van der Waals surface area contributed by atoms with Gasteiger partial charge in [0.25, 0.3) is 0 Å². The lowest BCUT2D eigenvalue weighted by Gasteiger charge is -2.29. The van der Waals surface area contributed by atoms with Crippen molar-refractivity contribution in [2.24, 2.45) is 0 Å². The predicted octanol–water partition coefficient (Wildman–Crippen LogP) is 1.27. The number of hydrogen-bond acceptors (Lipinski definition) is 4. The van der Waals surface area contributed by atoms with E-state index in [0.717, 1.165) is 25.1 Å². The van der Waals surface area contributed by atoms with E-state index in [1.807, 2.05) is 0 Å². The molecule has 3 N–H and O–H groups in total. The van der Waals surface area contributed by atoms with E-state index in [1.165, 1.54) is 0 Å². The molecule has 1 aromatic rings. The maximum absolute atomic E-state index is 9.56. The topological polar surface area (TPSA) is 62.4 Å². The van der Waals surface area contributed by atoms with Gasteiger partial charge in [-0.15, -0.1) is 0 Å². The van der Waals surface area contributed by atoms with Gasteiger partial charge in [-0.05, 0) is 31.5 Å². The van der Waals surface area contributed by atoms with Crippen molar-refractivity contribution < 1.29 is 5.11 Å². The standard InChI is InChI=1S/C11H16ClN3O/c12-9-3-4-11(13)14-10(9)7-15-5-1-2-8(16)6-15/h3-4,8,16H,1-2,5-7H2,(H2,13,14). The molecule has 1 aliphatic heterocycles. The van der Waals surface area contributed by atoms with Crippen molar-refractivity contribution in [3.8, 4) is 0 Å². The summed E-state index contributed by atoms with van der Waals surface area (Å²) in [5, 5.41) is 10.2. The largest absolute Gasteiger partial charge is 0.392 e. The van der Waals surface area contributed by atoms with Gasteiger partial charge in [0.1, 0.15) is 5.82 Å². The third kappa shape index (κ3) is 2.84. The Balaban J connectivity index is 2.05. The quantitative estimate of drug-likeness (QED) is 0.819. The molecule has 0 saturated carbocycles. The number of nitrogens with two attached hydrogens (primary N) is 1. The zero-order valence-corrected chi connectivity index (χ0v) is 9.82. The van der Waals surface area contributed by atoms with Crippen LogP contribution in [0.25, 0.3) is 0 Å². The lowest BCUT2D eigenvalue weighted by atomic mass is 10.1. The fourth-order valence-electron chi connectivity index (χ4n) is 2.00. The number of pyridine rings is 1. The number of piperidine rings is 1. The summed E-state index contributed by atoms with van der Waals surface area (Å²) in [5.41, 5.74) is 6.41. The highest BCUT2D eigenvalue weighted by atomic mass is 35.5. The molecular weight excluding hydrogens is 226 g/mol. The molecule has 0 spiro atoms. The summed E-state index contributed by atoms with van der Waals surface area (Å²) in [5.74, 6) is 0.483. The fourth-order valence-corrected chi connectivity index (χ4v) is 2.16. The van der Waals surface area contributed by atoms with Crippen molar-refractivity contribution in [1.82, 2.24) is 9.88 Å². The molecule has 2 rings (SSSR count). The number of β-amino-alcohol motifs (C(OH)–C–C–N with tert-alkyl or cyclic N) is 1. The average molecular weight is 242 g/mol. The van der Waals surface area contributed by atoms with E-state index >= 15 is 0 Å². The van der Waals surface area contributed by atoms with Crippen LogP contribution in [0.3, 0.4) is 0 Å². The first kappa shape index (κ1) is 11.6. The van der Waals surface area contributed by atoms with E-state index in [4.69, 9.17) is 17.3 Å². The molecule has 1 aromatic heterocycles. The number of likely N-dealkylation sites (tertiary alicyclic amines) is 1. The summed E-state index contributed by atoms with van der Waals surface area (Å²) in [6, 6.07) is 3.45. The molecule has 5 heteroatoms. The van der Waals surface area contributed by atoms with Gasteiger partial charge in [-0.2, -0.15) is 0 Å². The summed E-state index contributed by atoms with van der Waals surface area (Å²) in [6.07, 6.45) is 1.67.